The predicted octanol–water partition coefficient (Wildman–Crippen LogP) is 2.95. The Hall–Kier alpha value is -2.49. The van der Waals surface area contributed by atoms with Gasteiger partial charge in [0.25, 0.3) is 0 Å². The van der Waals surface area contributed by atoms with Crippen molar-refractivity contribution in [3.05, 3.63) is 59.7 Å². The van der Waals surface area contributed by atoms with Crippen LogP contribution in [0.5, 0.6) is 11.5 Å². The Kier molecular flexibility index (Phi) is 4.25. The molecule has 4 nitrogen and oxygen atoms in total. The molecule has 2 N–H and O–H groups in total. The van der Waals surface area contributed by atoms with Crippen LogP contribution in [0.15, 0.2) is 48.5 Å². The van der Waals surface area contributed by atoms with E-state index < -0.39 is 11.9 Å². The largest absolute Gasteiger partial charge is 0.508 e. The molecule has 0 saturated heterocycles. The van der Waals surface area contributed by atoms with Crippen molar-refractivity contribution in [2.75, 3.05) is 6.61 Å². The van der Waals surface area contributed by atoms with Gasteiger partial charge in [0.1, 0.15) is 24.0 Å². The molecule has 2 aromatic carbocycles. The minimum atomic E-state index is -0.956. The number of benzene rings is 2. The number of hydrogen-bond acceptors (Lipinski definition) is 3. The highest BCUT2D eigenvalue weighted by molar-refractivity contribution is 5.76. The third-order valence-electron chi connectivity index (χ3n) is 3.03. The van der Waals surface area contributed by atoms with Crippen LogP contribution >= 0.6 is 0 Å². The highest BCUT2D eigenvalue weighted by Gasteiger charge is 2.20. The first-order chi connectivity index (χ1) is 9.56. The monoisotopic (exact) mass is 272 g/mol. The van der Waals surface area contributed by atoms with Crippen molar-refractivity contribution >= 4 is 5.97 Å². The molecule has 1 atom stereocenters. The van der Waals surface area contributed by atoms with Gasteiger partial charge in [0.2, 0.25) is 0 Å². The van der Waals surface area contributed by atoms with Crippen LogP contribution in [-0.4, -0.2) is 22.8 Å². The van der Waals surface area contributed by atoms with Gasteiger partial charge in [-0.2, -0.15) is 0 Å². The quantitative estimate of drug-likeness (QED) is 0.878. The van der Waals surface area contributed by atoms with Gasteiger partial charge in [-0.1, -0.05) is 29.8 Å². The van der Waals surface area contributed by atoms with Crippen LogP contribution in [0.2, 0.25) is 0 Å². The maximum Gasteiger partial charge on any atom is 0.314 e. The van der Waals surface area contributed by atoms with Crippen LogP contribution < -0.4 is 4.74 Å². The first-order valence-corrected chi connectivity index (χ1v) is 6.27. The molecule has 2 rings (SSSR count). The first-order valence-electron chi connectivity index (χ1n) is 6.27. The molecule has 0 radical (unpaired) electrons. The Morgan fingerprint density at radius 1 is 1.10 bits per heavy atom. The van der Waals surface area contributed by atoms with Gasteiger partial charge in [-0.15, -0.1) is 0 Å². The summed E-state index contributed by atoms with van der Waals surface area (Å²) in [5, 5.41) is 18.5. The van der Waals surface area contributed by atoms with Crippen LogP contribution in [0.4, 0.5) is 0 Å². The summed E-state index contributed by atoms with van der Waals surface area (Å²) in [6.45, 7) is 2.02. The molecule has 4 heteroatoms. The molecule has 0 heterocycles. The summed E-state index contributed by atoms with van der Waals surface area (Å²) < 4.78 is 5.53. The van der Waals surface area contributed by atoms with Crippen molar-refractivity contribution in [2.24, 2.45) is 0 Å². The van der Waals surface area contributed by atoms with Crippen LogP contribution in [-0.2, 0) is 4.79 Å². The van der Waals surface area contributed by atoms with Crippen LogP contribution in [0.25, 0.3) is 0 Å². The number of aryl methyl sites for hydroxylation is 1. The number of carbonyl (C=O) groups is 1. The van der Waals surface area contributed by atoms with Gasteiger partial charge in [0, 0.05) is 0 Å². The summed E-state index contributed by atoms with van der Waals surface area (Å²) in [7, 11) is 0. The average Bonchev–Trinajstić information content (AvgIpc) is 2.43. The number of aromatic hydroxyl groups is 1. The van der Waals surface area contributed by atoms with E-state index in [0.717, 1.165) is 5.56 Å². The maximum absolute atomic E-state index is 11.3. The van der Waals surface area contributed by atoms with Crippen LogP contribution in [0.1, 0.15) is 17.0 Å². The fourth-order valence-electron chi connectivity index (χ4n) is 1.83. The average molecular weight is 272 g/mol. The molecule has 0 aromatic heterocycles. The zero-order valence-electron chi connectivity index (χ0n) is 11.1. The molecule has 104 valence electrons. The number of hydrogen-bond donors (Lipinski definition) is 2. The van der Waals surface area contributed by atoms with Gasteiger partial charge in [-0.05, 0) is 36.8 Å². The molecule has 0 aliphatic rings. The fourth-order valence-corrected chi connectivity index (χ4v) is 1.83. The number of phenols is 1. The molecule has 0 bridgehead atoms. The van der Waals surface area contributed by atoms with E-state index in [0.29, 0.717) is 11.3 Å². The molecule has 20 heavy (non-hydrogen) atoms. The highest BCUT2D eigenvalue weighted by Crippen LogP contribution is 2.21. The number of carboxylic acids is 1. The number of ether oxygens (including phenoxy) is 1. The van der Waals surface area contributed by atoms with Crippen molar-refractivity contribution in [2.45, 2.75) is 12.8 Å². The molecule has 0 aliphatic carbocycles. The van der Waals surface area contributed by atoms with Gasteiger partial charge in [0.05, 0.1) is 0 Å². The Morgan fingerprint density at radius 2 is 1.70 bits per heavy atom. The van der Waals surface area contributed by atoms with Gasteiger partial charge in [0.15, 0.2) is 0 Å². The van der Waals surface area contributed by atoms with Gasteiger partial charge in [-0.3, -0.25) is 4.79 Å². The maximum atomic E-state index is 11.3. The molecule has 0 amide bonds. The lowest BCUT2D eigenvalue weighted by atomic mass is 10.0. The van der Waals surface area contributed by atoms with Crippen molar-refractivity contribution in [3.63, 3.8) is 0 Å². The topological polar surface area (TPSA) is 66.8 Å². The Labute approximate surface area is 117 Å². The summed E-state index contributed by atoms with van der Waals surface area (Å²) in [6, 6.07) is 13.6. The zero-order valence-corrected chi connectivity index (χ0v) is 11.1. The highest BCUT2D eigenvalue weighted by atomic mass is 16.5. The van der Waals surface area contributed by atoms with E-state index in [2.05, 4.69) is 0 Å². The minimum absolute atomic E-state index is 0.0448. The second-order valence-corrected chi connectivity index (χ2v) is 4.61. The van der Waals surface area contributed by atoms with E-state index in [-0.39, 0.29) is 12.4 Å². The summed E-state index contributed by atoms with van der Waals surface area (Å²) in [6.07, 6.45) is 0. The molecule has 0 saturated carbocycles. The number of carboxylic acid groups (broad SMARTS) is 1. The molecule has 0 spiro atoms. The van der Waals surface area contributed by atoms with E-state index in [4.69, 9.17) is 4.74 Å². The Bertz CT molecular complexity index is 572. The summed E-state index contributed by atoms with van der Waals surface area (Å²) >= 11 is 0. The van der Waals surface area contributed by atoms with Gasteiger partial charge in [-0.25, -0.2) is 0 Å². The zero-order chi connectivity index (χ0) is 14.5. The molecular weight excluding hydrogens is 256 g/mol. The van der Waals surface area contributed by atoms with E-state index in [1.807, 2.05) is 31.2 Å². The van der Waals surface area contributed by atoms with Crippen molar-refractivity contribution in [3.8, 4) is 11.5 Å². The third kappa shape index (κ3) is 3.51. The smallest absolute Gasteiger partial charge is 0.314 e. The second-order valence-electron chi connectivity index (χ2n) is 4.61. The first kappa shape index (κ1) is 13.9. The van der Waals surface area contributed by atoms with E-state index in [1.54, 1.807) is 12.1 Å². The summed E-state index contributed by atoms with van der Waals surface area (Å²) in [5.41, 5.74) is 1.72. The van der Waals surface area contributed by atoms with Crippen molar-refractivity contribution in [1.82, 2.24) is 0 Å². The van der Waals surface area contributed by atoms with E-state index in [1.165, 1.54) is 12.1 Å². The molecule has 2 aromatic rings. The standard InChI is InChI=1S/C16H16O4/c1-11-2-8-14(9-3-11)20-10-15(16(18)19)12-4-6-13(17)7-5-12/h2-9,15,17H,10H2,1H3,(H,18,19). The number of aliphatic carboxylic acids is 1. The van der Waals surface area contributed by atoms with E-state index >= 15 is 0 Å². The normalized spacial score (nSPS) is 11.8. The number of phenolic OH excluding ortho intramolecular Hbond substituents is 1. The minimum Gasteiger partial charge on any atom is -0.508 e. The summed E-state index contributed by atoms with van der Waals surface area (Å²) in [5.74, 6) is -0.974. The molecule has 0 aliphatic heterocycles. The SMILES string of the molecule is Cc1ccc(OCC(C(=O)O)c2ccc(O)cc2)cc1. The van der Waals surface area contributed by atoms with Crippen LogP contribution in [0.3, 0.4) is 0 Å². The predicted molar refractivity (Wildman–Crippen MR) is 75.2 cm³/mol. The lowest BCUT2D eigenvalue weighted by molar-refractivity contribution is -0.139. The lowest BCUT2D eigenvalue weighted by Crippen LogP contribution is -2.19. The Balaban J connectivity index is 2.08. The van der Waals surface area contributed by atoms with E-state index in [9.17, 15) is 15.0 Å². The van der Waals surface area contributed by atoms with Gasteiger partial charge >= 0.3 is 5.97 Å². The molecule has 0 fully saturated rings. The lowest BCUT2D eigenvalue weighted by Gasteiger charge is -2.14. The van der Waals surface area contributed by atoms with Crippen molar-refractivity contribution < 1.29 is 19.7 Å². The molecular formula is C16H16O4. The number of rotatable bonds is 5. The van der Waals surface area contributed by atoms with Gasteiger partial charge < -0.3 is 14.9 Å². The molecule has 1 unspecified atom stereocenters. The fraction of sp³-hybridized carbons (Fsp3) is 0.188. The van der Waals surface area contributed by atoms with Crippen LogP contribution in [0, 0.1) is 6.92 Å². The second kappa shape index (κ2) is 6.10. The third-order valence-corrected chi connectivity index (χ3v) is 3.03. The summed E-state index contributed by atoms with van der Waals surface area (Å²) in [4.78, 5) is 11.3. The Morgan fingerprint density at radius 3 is 2.25 bits per heavy atom. The van der Waals surface area contributed by atoms with Crippen molar-refractivity contribution in [1.29, 1.82) is 0 Å².